The van der Waals surface area contributed by atoms with E-state index in [1.54, 1.807) is 13.8 Å². The van der Waals surface area contributed by atoms with Crippen molar-refractivity contribution in [1.29, 1.82) is 0 Å². The fraction of sp³-hybridized carbons (Fsp3) is 0.438. The van der Waals surface area contributed by atoms with E-state index in [-0.39, 0.29) is 45.2 Å². The van der Waals surface area contributed by atoms with Crippen LogP contribution in [0.3, 0.4) is 0 Å². The Hall–Kier alpha value is -1.47. The van der Waals surface area contributed by atoms with Crippen LogP contribution in [0.5, 0.6) is 0 Å². The summed E-state index contributed by atoms with van der Waals surface area (Å²) in [5.74, 6) is -1.62. The molecule has 0 unspecified atom stereocenters. The summed E-state index contributed by atoms with van der Waals surface area (Å²) in [5, 5.41) is 4.88. The maximum absolute atomic E-state index is 12.1. The third-order valence-corrected chi connectivity index (χ3v) is 3.19. The predicted molar refractivity (Wildman–Crippen MR) is 85.3 cm³/mol. The van der Waals surface area contributed by atoms with Gasteiger partial charge in [0.05, 0.1) is 11.9 Å². The topological polar surface area (TPSA) is 108 Å². The largest absolute Gasteiger partial charge is 0.666 e. The smallest absolute Gasteiger partial charge is 0.408 e. The fourth-order valence-corrected chi connectivity index (χ4v) is 1.80. The molecule has 3 amide bonds. The molecule has 0 aliphatic carbocycles. The summed E-state index contributed by atoms with van der Waals surface area (Å²) < 4.78 is 5.08. The number of nitrogens with one attached hydrogen (secondary N) is 3. The maximum atomic E-state index is 12.1. The van der Waals surface area contributed by atoms with Crippen LogP contribution >= 0.6 is 0 Å². The molecule has 7 nitrogen and oxygen atoms in total. The molecule has 24 heavy (non-hydrogen) atoms. The number of carbonyl (C=O) groups excluding carboxylic acids is 3. The average molecular weight is 409 g/mol. The van der Waals surface area contributed by atoms with E-state index in [4.69, 9.17) is 10.5 Å². The van der Waals surface area contributed by atoms with Crippen molar-refractivity contribution in [1.82, 2.24) is 10.6 Å². The van der Waals surface area contributed by atoms with Gasteiger partial charge < -0.3 is 25.9 Å². The Balaban J connectivity index is 0.00000529. The van der Waals surface area contributed by atoms with E-state index < -0.39 is 30.0 Å². The summed E-state index contributed by atoms with van der Waals surface area (Å²) in [4.78, 5) is 34.8. The van der Waals surface area contributed by atoms with Crippen LogP contribution in [0.2, 0.25) is 0 Å². The fourth-order valence-electron chi connectivity index (χ4n) is 1.80. The summed E-state index contributed by atoms with van der Waals surface area (Å²) in [6.45, 7) is 5.03. The third kappa shape index (κ3) is 7.88. The molecule has 0 heterocycles. The Kier molecular flexibility index (Phi) is 10.5. The standard InChI is InChI=1S/C16H23N3O4.Y/c1-10(2)13(15(21)18-11(3)14(17)20)19-16(22)23-9-12-7-5-4-6-8-12;/h4-8,10-11,13H,9H2,1-3H3,(H4,17,18,19,20,21,22);/p-1/t11-,13-;/m0./s1. The zero-order valence-electron chi connectivity index (χ0n) is 14.0. The van der Waals surface area contributed by atoms with Crippen molar-refractivity contribution < 1.29 is 51.8 Å². The van der Waals surface area contributed by atoms with Crippen molar-refractivity contribution in [2.24, 2.45) is 5.92 Å². The van der Waals surface area contributed by atoms with Gasteiger partial charge in [0.2, 0.25) is 5.91 Å². The Morgan fingerprint density at radius 3 is 2.17 bits per heavy atom. The van der Waals surface area contributed by atoms with Crippen LogP contribution in [0.15, 0.2) is 30.3 Å². The van der Waals surface area contributed by atoms with E-state index in [9.17, 15) is 14.4 Å². The van der Waals surface area contributed by atoms with Crippen LogP contribution in [-0.2, 0) is 53.6 Å². The zero-order chi connectivity index (χ0) is 17.4. The molecule has 0 bridgehead atoms. The van der Waals surface area contributed by atoms with Crippen molar-refractivity contribution in [3.05, 3.63) is 41.6 Å². The van der Waals surface area contributed by atoms with Crippen LogP contribution in [-0.4, -0.2) is 30.0 Å². The van der Waals surface area contributed by atoms with Crippen molar-refractivity contribution in [2.45, 2.75) is 39.5 Å². The van der Waals surface area contributed by atoms with E-state index in [0.717, 1.165) is 5.56 Å². The number of rotatable bonds is 7. The predicted octanol–water partition coefficient (Wildman–Crippen LogP) is 2.02. The Labute approximate surface area is 167 Å². The molecule has 3 N–H and O–H groups in total. The van der Waals surface area contributed by atoms with Crippen LogP contribution in [0.4, 0.5) is 4.79 Å². The molecule has 1 aromatic carbocycles. The molecule has 0 aromatic heterocycles. The van der Waals surface area contributed by atoms with E-state index in [0.29, 0.717) is 0 Å². The quantitative estimate of drug-likeness (QED) is 0.718. The van der Waals surface area contributed by atoms with Crippen LogP contribution < -0.4 is 10.6 Å². The summed E-state index contributed by atoms with van der Waals surface area (Å²) in [6, 6.07) is 7.40. The summed E-state index contributed by atoms with van der Waals surface area (Å²) in [5.41, 5.74) is 7.80. The summed E-state index contributed by atoms with van der Waals surface area (Å²) in [7, 11) is 0. The minimum absolute atomic E-state index is 0. The third-order valence-electron chi connectivity index (χ3n) is 3.19. The molecule has 2 atom stereocenters. The molecule has 0 spiro atoms. The summed E-state index contributed by atoms with van der Waals surface area (Å²) >= 11 is 0. The van der Waals surface area contributed by atoms with E-state index in [1.807, 2.05) is 30.3 Å². The van der Waals surface area contributed by atoms with Gasteiger partial charge in [-0.3, -0.25) is 4.79 Å². The minimum Gasteiger partial charge on any atom is -0.666 e. The van der Waals surface area contributed by atoms with Crippen molar-refractivity contribution in [2.75, 3.05) is 0 Å². The molecule has 129 valence electrons. The first-order valence-electron chi connectivity index (χ1n) is 7.34. The first-order chi connectivity index (χ1) is 10.8. The molecule has 1 aromatic rings. The molecule has 0 saturated heterocycles. The van der Waals surface area contributed by atoms with Gasteiger partial charge in [0.25, 0.3) is 0 Å². The second kappa shape index (κ2) is 11.2. The molecular formula is C16H22N3O4Y-. The SMILES string of the molecule is CC(C)[C@H](NC(=O)OCc1ccccc1)C(=O)N[C@@H](C)C([NH-])=O.[Y]. The van der Waals surface area contributed by atoms with Gasteiger partial charge in [-0.1, -0.05) is 44.2 Å². The monoisotopic (exact) mass is 409 g/mol. The number of hydrogen-bond donors (Lipinski definition) is 2. The van der Waals surface area contributed by atoms with Gasteiger partial charge in [-0.2, -0.15) is 0 Å². The maximum Gasteiger partial charge on any atom is 0.408 e. The molecule has 0 saturated carbocycles. The van der Waals surface area contributed by atoms with Gasteiger partial charge in [-0.05, 0) is 18.4 Å². The molecule has 8 heteroatoms. The zero-order valence-corrected chi connectivity index (χ0v) is 16.9. The second-order valence-corrected chi connectivity index (χ2v) is 5.52. The Morgan fingerprint density at radius 1 is 1.08 bits per heavy atom. The second-order valence-electron chi connectivity index (χ2n) is 5.52. The summed E-state index contributed by atoms with van der Waals surface area (Å²) in [6.07, 6.45) is -0.715. The van der Waals surface area contributed by atoms with Gasteiger partial charge in [0.1, 0.15) is 12.6 Å². The molecular weight excluding hydrogens is 387 g/mol. The molecule has 1 rings (SSSR count). The van der Waals surface area contributed by atoms with Crippen LogP contribution in [0.25, 0.3) is 5.73 Å². The number of alkyl carbamates (subject to hydrolysis) is 1. The first-order valence-corrected chi connectivity index (χ1v) is 7.34. The molecule has 0 fully saturated rings. The first kappa shape index (κ1) is 22.5. The minimum atomic E-state index is -0.925. The number of amides is 3. The van der Waals surface area contributed by atoms with E-state index in [1.165, 1.54) is 6.92 Å². The molecule has 1 radical (unpaired) electrons. The van der Waals surface area contributed by atoms with E-state index in [2.05, 4.69) is 10.6 Å². The number of carbonyl (C=O) groups is 3. The van der Waals surface area contributed by atoms with Gasteiger partial charge in [-0.25, -0.2) is 4.79 Å². The number of hydrogen-bond acceptors (Lipinski definition) is 4. The normalized spacial score (nSPS) is 12.5. The van der Waals surface area contributed by atoms with Crippen molar-refractivity contribution in [3.8, 4) is 0 Å². The van der Waals surface area contributed by atoms with Crippen LogP contribution in [0.1, 0.15) is 26.3 Å². The van der Waals surface area contributed by atoms with Gasteiger partial charge >= 0.3 is 6.09 Å². The van der Waals surface area contributed by atoms with E-state index >= 15 is 0 Å². The van der Waals surface area contributed by atoms with Crippen LogP contribution in [0, 0.1) is 5.92 Å². The number of ether oxygens (including phenoxy) is 1. The van der Waals surface area contributed by atoms with Gasteiger partial charge in [0.15, 0.2) is 0 Å². The van der Waals surface area contributed by atoms with Gasteiger partial charge in [-0.15, -0.1) is 0 Å². The van der Waals surface area contributed by atoms with Gasteiger partial charge in [0, 0.05) is 32.7 Å². The van der Waals surface area contributed by atoms with Crippen molar-refractivity contribution in [3.63, 3.8) is 0 Å². The Bertz CT molecular complexity index is 552. The van der Waals surface area contributed by atoms with Crippen molar-refractivity contribution >= 4 is 17.9 Å². The molecule has 0 aliphatic heterocycles. The molecule has 0 aliphatic rings. The Morgan fingerprint density at radius 2 is 1.67 bits per heavy atom. The average Bonchev–Trinajstić information content (AvgIpc) is 2.51. The number of benzene rings is 1.